The summed E-state index contributed by atoms with van der Waals surface area (Å²) >= 11 is 12.8. The molecule has 0 bridgehead atoms. The van der Waals surface area contributed by atoms with Crippen LogP contribution in [0.2, 0.25) is 10.0 Å². The first-order valence-electron chi connectivity index (χ1n) is 9.08. The second-order valence-electron chi connectivity index (χ2n) is 6.93. The van der Waals surface area contributed by atoms with Gasteiger partial charge in [-0.05, 0) is 18.1 Å². The number of ether oxygens (including phenoxy) is 1. The number of carbonyl (C=O) groups is 1. The Balaban J connectivity index is 1.69. The van der Waals surface area contributed by atoms with E-state index in [1.165, 1.54) is 18.3 Å². The van der Waals surface area contributed by atoms with Gasteiger partial charge >= 0.3 is 6.03 Å². The largest absolute Gasteiger partial charge is 0.434 e. The molecule has 2 aromatic heterocycles. The number of halogens is 2. The van der Waals surface area contributed by atoms with Crippen molar-refractivity contribution in [3.8, 4) is 17.7 Å². The second-order valence-corrected chi connectivity index (χ2v) is 7.74. The lowest BCUT2D eigenvalue weighted by Crippen LogP contribution is -2.42. The molecule has 0 aliphatic carbocycles. The van der Waals surface area contributed by atoms with Crippen LogP contribution < -0.4 is 15.1 Å². The second kappa shape index (κ2) is 7.91. The van der Waals surface area contributed by atoms with E-state index in [2.05, 4.69) is 45.8 Å². The van der Waals surface area contributed by atoms with Crippen LogP contribution in [0.1, 0.15) is 25.3 Å². The average Bonchev–Trinajstić information content (AvgIpc) is 3.14. The Morgan fingerprint density at radius 1 is 1.29 bits per heavy atom. The number of allylic oxidation sites excluding steroid dienone is 1. The number of fused-ring (bicyclic) bond motifs is 1. The van der Waals surface area contributed by atoms with Crippen molar-refractivity contribution in [3.05, 3.63) is 52.4 Å². The van der Waals surface area contributed by atoms with Gasteiger partial charge in [0.2, 0.25) is 5.88 Å². The van der Waals surface area contributed by atoms with Gasteiger partial charge < -0.3 is 15.0 Å². The van der Waals surface area contributed by atoms with Gasteiger partial charge in [0.25, 0.3) is 0 Å². The summed E-state index contributed by atoms with van der Waals surface area (Å²) < 4.78 is 5.81. The van der Waals surface area contributed by atoms with E-state index in [4.69, 9.17) is 33.2 Å². The first kappa shape index (κ1) is 20.7. The molecule has 4 rings (SSSR count). The summed E-state index contributed by atoms with van der Waals surface area (Å²) in [6.07, 6.45) is 3.32. The molecule has 1 aliphatic heterocycles. The maximum atomic E-state index is 12.2. The number of anilines is 1. The zero-order chi connectivity index (χ0) is 22.3. The minimum Gasteiger partial charge on any atom is -0.434 e. The van der Waals surface area contributed by atoms with Crippen LogP contribution in [0.3, 0.4) is 0 Å². The van der Waals surface area contributed by atoms with Gasteiger partial charge in [0.15, 0.2) is 17.1 Å². The van der Waals surface area contributed by atoms with Gasteiger partial charge in [-0.25, -0.2) is 14.8 Å². The Bertz CT molecular complexity index is 1280. The molecule has 2 N–H and O–H groups in total. The Labute approximate surface area is 186 Å². The number of nitrogens with one attached hydrogen (secondary N) is 2. The van der Waals surface area contributed by atoms with Gasteiger partial charge in [-0.15, -0.1) is 0 Å². The molecule has 3 heterocycles. The number of carbonyl (C=O) groups excluding carboxylic acids is 1. The van der Waals surface area contributed by atoms with E-state index in [0.29, 0.717) is 11.2 Å². The molecule has 3 aromatic rings. The molecule has 0 unspecified atom stereocenters. The number of amides is 2. The van der Waals surface area contributed by atoms with E-state index >= 15 is 0 Å². The van der Waals surface area contributed by atoms with E-state index in [1.54, 1.807) is 0 Å². The van der Waals surface area contributed by atoms with Crippen molar-refractivity contribution in [1.82, 2.24) is 20.3 Å². The van der Waals surface area contributed by atoms with Crippen molar-refractivity contribution in [2.45, 2.75) is 19.8 Å². The molecular formula is C20H15Cl2N7O2. The van der Waals surface area contributed by atoms with Crippen LogP contribution in [0.4, 0.5) is 10.5 Å². The average molecular weight is 456 g/mol. The summed E-state index contributed by atoms with van der Waals surface area (Å²) in [4.78, 5) is 24.2. The Hall–Kier alpha value is -3.61. The molecule has 11 heteroatoms. The third-order valence-electron chi connectivity index (χ3n) is 4.49. The predicted octanol–water partition coefficient (Wildman–Crippen LogP) is 5.10. The van der Waals surface area contributed by atoms with Gasteiger partial charge in [0.05, 0.1) is 27.6 Å². The zero-order valence-electron chi connectivity index (χ0n) is 16.4. The maximum Gasteiger partial charge on any atom is 0.347 e. The van der Waals surface area contributed by atoms with E-state index < -0.39 is 6.03 Å². The fraction of sp³-hybridized carbons (Fsp3) is 0.150. The quantitative estimate of drug-likeness (QED) is 0.566. The fourth-order valence-electron chi connectivity index (χ4n) is 2.97. The zero-order valence-corrected chi connectivity index (χ0v) is 17.9. The lowest BCUT2D eigenvalue weighted by molar-refractivity contribution is 0.248. The number of hydrogen-bond acceptors (Lipinski definition) is 6. The van der Waals surface area contributed by atoms with Crippen LogP contribution in [0.5, 0.6) is 11.6 Å². The molecule has 0 saturated heterocycles. The smallest absolute Gasteiger partial charge is 0.347 e. The number of aromatic amines is 1. The topological polar surface area (TPSA) is 119 Å². The van der Waals surface area contributed by atoms with Crippen molar-refractivity contribution in [2.75, 3.05) is 5.01 Å². The van der Waals surface area contributed by atoms with Crippen LogP contribution in [0.25, 0.3) is 11.2 Å². The number of rotatable bonds is 4. The SMILES string of the molecule is C=C1NC(=O)N(c2cc(Cl)c(Oc3cnc4[nH]cc(C(C)C)c4n3)c(Cl)c2)N=C1C#N. The number of hydrazone groups is 1. The van der Waals surface area contributed by atoms with Crippen LogP contribution in [-0.4, -0.2) is 26.7 Å². The Kier molecular flexibility index (Phi) is 5.27. The summed E-state index contributed by atoms with van der Waals surface area (Å²) in [5.41, 5.74) is 2.66. The molecule has 0 spiro atoms. The first-order chi connectivity index (χ1) is 14.8. The number of benzene rings is 1. The van der Waals surface area contributed by atoms with Crippen molar-refractivity contribution in [1.29, 1.82) is 5.26 Å². The number of nitriles is 1. The highest BCUT2D eigenvalue weighted by Crippen LogP contribution is 2.40. The molecule has 0 saturated carbocycles. The number of urea groups is 1. The number of hydrogen-bond donors (Lipinski definition) is 2. The summed E-state index contributed by atoms with van der Waals surface area (Å²) in [7, 11) is 0. The Morgan fingerprint density at radius 2 is 2.00 bits per heavy atom. The van der Waals surface area contributed by atoms with Gasteiger partial charge in [0.1, 0.15) is 11.6 Å². The van der Waals surface area contributed by atoms with Gasteiger partial charge in [0, 0.05) is 11.8 Å². The summed E-state index contributed by atoms with van der Waals surface area (Å²) in [5, 5.41) is 16.8. The minimum absolute atomic E-state index is 0.0387. The molecule has 1 aliphatic rings. The monoisotopic (exact) mass is 455 g/mol. The summed E-state index contributed by atoms with van der Waals surface area (Å²) in [5.74, 6) is 0.603. The van der Waals surface area contributed by atoms with Crippen molar-refractivity contribution in [3.63, 3.8) is 0 Å². The van der Waals surface area contributed by atoms with E-state index in [0.717, 1.165) is 10.6 Å². The normalized spacial score (nSPS) is 13.9. The van der Waals surface area contributed by atoms with Crippen LogP contribution >= 0.6 is 23.2 Å². The van der Waals surface area contributed by atoms with E-state index in [-0.39, 0.29) is 44.7 Å². The van der Waals surface area contributed by atoms with Gasteiger partial charge in [-0.2, -0.15) is 15.4 Å². The van der Waals surface area contributed by atoms with E-state index in [9.17, 15) is 4.79 Å². The highest BCUT2D eigenvalue weighted by atomic mass is 35.5. The third-order valence-corrected chi connectivity index (χ3v) is 5.05. The molecule has 156 valence electrons. The van der Waals surface area contributed by atoms with Crippen molar-refractivity contribution >= 4 is 51.8 Å². The molecule has 1 aromatic carbocycles. The van der Waals surface area contributed by atoms with Crippen LogP contribution in [0.15, 0.2) is 41.9 Å². The molecule has 9 nitrogen and oxygen atoms in total. The highest BCUT2D eigenvalue weighted by Gasteiger charge is 2.26. The molecule has 31 heavy (non-hydrogen) atoms. The number of nitrogens with zero attached hydrogens (tertiary/aromatic N) is 5. The lowest BCUT2D eigenvalue weighted by atomic mass is 10.1. The molecule has 0 fully saturated rings. The van der Waals surface area contributed by atoms with Crippen molar-refractivity contribution in [2.24, 2.45) is 5.10 Å². The molecule has 0 atom stereocenters. The summed E-state index contributed by atoms with van der Waals surface area (Å²) in [6.45, 7) is 7.68. The predicted molar refractivity (Wildman–Crippen MR) is 118 cm³/mol. The number of aromatic nitrogens is 3. The number of H-pyrrole nitrogens is 1. The fourth-order valence-corrected chi connectivity index (χ4v) is 3.52. The Morgan fingerprint density at radius 3 is 2.65 bits per heavy atom. The standard InChI is InChI=1S/C20H15Cl2N7O2/c1-9(2)12-7-24-19-17(12)27-16(8-25-19)31-18-13(21)4-11(5-14(18)22)29-20(30)26-10(3)15(6-23)28-29/h4-5,7-9H,3H2,1-2H3,(H,24,25)(H,26,30). The van der Waals surface area contributed by atoms with Gasteiger partial charge in [-0.1, -0.05) is 43.6 Å². The maximum absolute atomic E-state index is 12.2. The molecule has 0 radical (unpaired) electrons. The highest BCUT2D eigenvalue weighted by molar-refractivity contribution is 6.37. The van der Waals surface area contributed by atoms with Crippen molar-refractivity contribution < 1.29 is 9.53 Å². The van der Waals surface area contributed by atoms with Crippen LogP contribution in [0, 0.1) is 11.3 Å². The van der Waals surface area contributed by atoms with Crippen LogP contribution in [-0.2, 0) is 0 Å². The van der Waals surface area contributed by atoms with E-state index in [1.807, 2.05) is 12.3 Å². The molecular weight excluding hydrogens is 441 g/mol. The van der Waals surface area contributed by atoms with Gasteiger partial charge in [-0.3, -0.25) is 0 Å². The molecule has 2 amide bonds. The third kappa shape index (κ3) is 3.79. The first-order valence-corrected chi connectivity index (χ1v) is 9.84. The summed E-state index contributed by atoms with van der Waals surface area (Å²) in [6, 6.07) is 4.14. The minimum atomic E-state index is -0.602. The lowest BCUT2D eigenvalue weighted by Gasteiger charge is -2.24.